The van der Waals surface area contributed by atoms with Gasteiger partial charge in [-0.2, -0.15) is 0 Å². The monoisotopic (exact) mass is 262 g/mol. The van der Waals surface area contributed by atoms with Crippen LogP contribution in [0, 0.1) is 26.0 Å². The number of halogens is 1. The highest BCUT2D eigenvalue weighted by molar-refractivity contribution is 5.75. The van der Waals surface area contributed by atoms with E-state index < -0.39 is 15.7 Å². The third-order valence-electron chi connectivity index (χ3n) is 2.54. The summed E-state index contributed by atoms with van der Waals surface area (Å²) in [5.41, 5.74) is -0.128. The normalized spacial score (nSPS) is 10.2. The van der Waals surface area contributed by atoms with E-state index in [4.69, 9.17) is 0 Å². The van der Waals surface area contributed by atoms with E-state index in [-0.39, 0.29) is 16.9 Å². The Morgan fingerprint density at radius 2 is 1.53 bits per heavy atom. The average molecular weight is 262 g/mol. The van der Waals surface area contributed by atoms with Gasteiger partial charge in [-0.15, -0.1) is 0 Å². The lowest BCUT2D eigenvalue weighted by Crippen LogP contribution is -1.95. The van der Waals surface area contributed by atoms with Gasteiger partial charge in [0.15, 0.2) is 0 Å². The number of nitro benzene ring substituents is 2. The van der Waals surface area contributed by atoms with Crippen LogP contribution < -0.4 is 0 Å². The third kappa shape index (κ3) is 2.54. The molecule has 19 heavy (non-hydrogen) atoms. The van der Waals surface area contributed by atoms with Crippen LogP contribution >= 0.6 is 0 Å². The van der Waals surface area contributed by atoms with Gasteiger partial charge in [0.1, 0.15) is 5.82 Å². The Balaban J connectivity index is 2.59. The van der Waals surface area contributed by atoms with Crippen molar-refractivity contribution in [1.82, 2.24) is 0 Å². The lowest BCUT2D eigenvalue weighted by atomic mass is 10.0. The van der Waals surface area contributed by atoms with Gasteiger partial charge in [0.2, 0.25) is 0 Å². The Bertz CT molecular complexity index is 655. The van der Waals surface area contributed by atoms with Crippen molar-refractivity contribution in [2.45, 2.75) is 0 Å². The maximum atomic E-state index is 12.8. The Hall–Kier alpha value is -2.83. The first-order chi connectivity index (χ1) is 8.99. The van der Waals surface area contributed by atoms with Crippen LogP contribution in [0.4, 0.5) is 15.8 Å². The van der Waals surface area contributed by atoms with E-state index in [1.54, 1.807) is 0 Å². The van der Waals surface area contributed by atoms with Gasteiger partial charge >= 0.3 is 0 Å². The van der Waals surface area contributed by atoms with E-state index >= 15 is 0 Å². The second-order valence-corrected chi connectivity index (χ2v) is 3.72. The number of hydrogen-bond donors (Lipinski definition) is 0. The molecule has 0 unspecified atom stereocenters. The predicted molar refractivity (Wildman–Crippen MR) is 65.1 cm³/mol. The number of nitrogens with zero attached hydrogens (tertiary/aromatic N) is 2. The number of nitro groups is 2. The van der Waals surface area contributed by atoms with Gasteiger partial charge in [0.05, 0.1) is 21.5 Å². The van der Waals surface area contributed by atoms with E-state index in [0.717, 1.165) is 6.07 Å². The van der Waals surface area contributed by atoms with E-state index in [1.165, 1.54) is 36.4 Å². The van der Waals surface area contributed by atoms with Crippen LogP contribution in [0.25, 0.3) is 11.1 Å². The fourth-order valence-corrected chi connectivity index (χ4v) is 1.66. The highest BCUT2D eigenvalue weighted by Gasteiger charge is 2.20. The molecule has 0 aromatic heterocycles. The first-order valence-electron chi connectivity index (χ1n) is 5.18. The zero-order valence-corrected chi connectivity index (χ0v) is 9.45. The molecule has 0 spiro atoms. The summed E-state index contributed by atoms with van der Waals surface area (Å²) in [5.74, 6) is -0.465. The fourth-order valence-electron chi connectivity index (χ4n) is 1.66. The van der Waals surface area contributed by atoms with Crippen LogP contribution in [0.15, 0.2) is 42.5 Å². The standard InChI is InChI=1S/C12H7FN2O4/c13-9-3-1-8(2-4-9)11-6-5-10(14(16)17)7-12(11)15(18)19/h1-7H. The molecule has 96 valence electrons. The molecule has 0 saturated heterocycles. The van der Waals surface area contributed by atoms with Crippen LogP contribution in [0.2, 0.25) is 0 Å². The van der Waals surface area contributed by atoms with Gasteiger partial charge in [0.25, 0.3) is 11.4 Å². The number of rotatable bonds is 3. The largest absolute Gasteiger partial charge is 0.284 e. The minimum absolute atomic E-state index is 0.204. The molecule has 0 fully saturated rings. The summed E-state index contributed by atoms with van der Waals surface area (Å²) in [6, 6.07) is 8.43. The van der Waals surface area contributed by atoms with Crippen LogP contribution in [0.1, 0.15) is 0 Å². The molecular weight excluding hydrogens is 255 g/mol. The molecule has 2 rings (SSSR count). The Morgan fingerprint density at radius 3 is 2.05 bits per heavy atom. The summed E-state index contributed by atoms with van der Waals surface area (Å²) in [7, 11) is 0. The SMILES string of the molecule is O=[N+]([O-])c1ccc(-c2ccc(F)cc2)c([N+](=O)[O-])c1. The molecule has 0 aliphatic rings. The van der Waals surface area contributed by atoms with Crippen molar-refractivity contribution in [3.63, 3.8) is 0 Å². The molecule has 0 amide bonds. The number of hydrogen-bond acceptors (Lipinski definition) is 4. The lowest BCUT2D eigenvalue weighted by Gasteiger charge is -2.03. The van der Waals surface area contributed by atoms with Crippen molar-refractivity contribution < 1.29 is 14.2 Å². The van der Waals surface area contributed by atoms with Gasteiger partial charge in [-0.05, 0) is 23.8 Å². The molecule has 6 nitrogen and oxygen atoms in total. The zero-order valence-electron chi connectivity index (χ0n) is 9.45. The van der Waals surface area contributed by atoms with Crippen molar-refractivity contribution in [1.29, 1.82) is 0 Å². The average Bonchev–Trinajstić information content (AvgIpc) is 2.38. The summed E-state index contributed by atoms with van der Waals surface area (Å²) in [4.78, 5) is 20.1. The van der Waals surface area contributed by atoms with Gasteiger partial charge in [-0.25, -0.2) is 4.39 Å². The fraction of sp³-hybridized carbons (Fsp3) is 0. The molecule has 0 heterocycles. The van der Waals surface area contributed by atoms with Gasteiger partial charge in [-0.3, -0.25) is 20.2 Å². The minimum Gasteiger partial charge on any atom is -0.258 e. The zero-order chi connectivity index (χ0) is 14.0. The van der Waals surface area contributed by atoms with E-state index in [2.05, 4.69) is 0 Å². The summed E-state index contributed by atoms with van der Waals surface area (Å²) < 4.78 is 12.8. The summed E-state index contributed by atoms with van der Waals surface area (Å²) in [5, 5.41) is 21.5. The summed E-state index contributed by atoms with van der Waals surface area (Å²) in [6.07, 6.45) is 0. The molecule has 0 atom stereocenters. The molecule has 0 saturated carbocycles. The quantitative estimate of drug-likeness (QED) is 0.627. The molecule has 2 aromatic rings. The smallest absolute Gasteiger partial charge is 0.258 e. The van der Waals surface area contributed by atoms with Crippen molar-refractivity contribution in [2.24, 2.45) is 0 Å². The number of benzene rings is 2. The molecule has 0 radical (unpaired) electrons. The van der Waals surface area contributed by atoms with Crippen LogP contribution in [0.3, 0.4) is 0 Å². The van der Waals surface area contributed by atoms with Crippen molar-refractivity contribution in [3.8, 4) is 11.1 Å². The lowest BCUT2D eigenvalue weighted by molar-refractivity contribution is -0.393. The molecule has 0 bridgehead atoms. The molecule has 2 aromatic carbocycles. The molecule has 0 N–H and O–H groups in total. The summed E-state index contributed by atoms with van der Waals surface area (Å²) >= 11 is 0. The first-order valence-corrected chi connectivity index (χ1v) is 5.18. The third-order valence-corrected chi connectivity index (χ3v) is 2.54. The Morgan fingerprint density at radius 1 is 0.895 bits per heavy atom. The Kier molecular flexibility index (Phi) is 3.19. The Labute approximate surface area is 106 Å². The van der Waals surface area contributed by atoms with Crippen molar-refractivity contribution >= 4 is 11.4 Å². The number of non-ortho nitro benzene ring substituents is 1. The maximum Gasteiger partial charge on any atom is 0.284 e. The predicted octanol–water partition coefficient (Wildman–Crippen LogP) is 3.31. The summed E-state index contributed by atoms with van der Waals surface area (Å²) in [6.45, 7) is 0. The van der Waals surface area contributed by atoms with Gasteiger partial charge < -0.3 is 0 Å². The second-order valence-electron chi connectivity index (χ2n) is 3.72. The molecule has 0 aliphatic heterocycles. The topological polar surface area (TPSA) is 86.3 Å². The first kappa shape index (κ1) is 12.6. The van der Waals surface area contributed by atoms with E-state index in [1.807, 2.05) is 0 Å². The van der Waals surface area contributed by atoms with Crippen LogP contribution in [-0.4, -0.2) is 9.85 Å². The minimum atomic E-state index is -0.707. The molecule has 7 heteroatoms. The van der Waals surface area contributed by atoms with Gasteiger partial charge in [-0.1, -0.05) is 12.1 Å². The molecule has 0 aliphatic carbocycles. The van der Waals surface area contributed by atoms with Crippen LogP contribution in [-0.2, 0) is 0 Å². The van der Waals surface area contributed by atoms with Crippen molar-refractivity contribution in [3.05, 3.63) is 68.5 Å². The highest BCUT2D eigenvalue weighted by atomic mass is 19.1. The van der Waals surface area contributed by atoms with E-state index in [0.29, 0.717) is 5.56 Å². The maximum absolute atomic E-state index is 12.8. The van der Waals surface area contributed by atoms with Crippen molar-refractivity contribution in [2.75, 3.05) is 0 Å². The second kappa shape index (κ2) is 4.81. The van der Waals surface area contributed by atoms with E-state index in [9.17, 15) is 24.6 Å². The molecular formula is C12H7FN2O4. The van der Waals surface area contributed by atoms with Crippen LogP contribution in [0.5, 0.6) is 0 Å². The van der Waals surface area contributed by atoms with Gasteiger partial charge in [0, 0.05) is 6.07 Å². The highest BCUT2D eigenvalue weighted by Crippen LogP contribution is 2.32.